The molecule has 0 fully saturated rings. The molecule has 1 heterocycles. The number of rotatable bonds is 5. The lowest BCUT2D eigenvalue weighted by Gasteiger charge is -2.18. The van der Waals surface area contributed by atoms with Crippen molar-refractivity contribution in [2.75, 3.05) is 19.4 Å². The smallest absolute Gasteiger partial charge is 0.246 e. The van der Waals surface area contributed by atoms with E-state index >= 15 is 0 Å². The van der Waals surface area contributed by atoms with Crippen molar-refractivity contribution in [3.05, 3.63) is 48.0 Å². The Hall–Kier alpha value is -2.25. The van der Waals surface area contributed by atoms with Crippen LogP contribution in [-0.4, -0.2) is 32.6 Å². The summed E-state index contributed by atoms with van der Waals surface area (Å²) in [7, 11) is -0.407. The maximum absolute atomic E-state index is 12.3. The van der Waals surface area contributed by atoms with Gasteiger partial charge in [0.15, 0.2) is 11.5 Å². The molecule has 0 saturated carbocycles. The molecule has 1 unspecified atom stereocenters. The molecule has 1 aliphatic heterocycles. The number of hydrogen-bond donors (Lipinski definition) is 1. The molecule has 0 saturated heterocycles. The van der Waals surface area contributed by atoms with Gasteiger partial charge in [0.05, 0.1) is 4.90 Å². The van der Waals surface area contributed by atoms with Gasteiger partial charge >= 0.3 is 0 Å². The molecule has 0 radical (unpaired) electrons. The average molecular weight is 376 g/mol. The third-order valence-electron chi connectivity index (χ3n) is 4.18. The summed E-state index contributed by atoms with van der Waals surface area (Å²) >= 11 is 0. The molecule has 6 nitrogen and oxygen atoms in total. The van der Waals surface area contributed by atoms with Gasteiger partial charge in [0.2, 0.25) is 15.8 Å². The Balaban J connectivity index is 1.81. The summed E-state index contributed by atoms with van der Waals surface area (Å²) in [6.07, 6.45) is 0. The fourth-order valence-corrected chi connectivity index (χ4v) is 3.76. The minimum atomic E-state index is -3.46. The molecule has 0 amide bonds. The first kappa shape index (κ1) is 18.5. The average Bonchev–Trinajstić information content (AvgIpc) is 2.87. The van der Waals surface area contributed by atoms with Crippen LogP contribution >= 0.6 is 0 Å². The SMILES string of the molecule is CC(Nc1ccc2c(c1)OC(C)(C)O2)c1cccc(S(=O)(=O)N(C)C)c1. The van der Waals surface area contributed by atoms with E-state index in [1.807, 2.05) is 45.0 Å². The van der Waals surface area contributed by atoms with Gasteiger partial charge in [0.25, 0.3) is 0 Å². The fourth-order valence-electron chi connectivity index (χ4n) is 2.80. The third-order valence-corrected chi connectivity index (χ3v) is 5.99. The van der Waals surface area contributed by atoms with Crippen LogP contribution in [0.25, 0.3) is 0 Å². The molecule has 1 N–H and O–H groups in total. The van der Waals surface area contributed by atoms with Crippen LogP contribution in [-0.2, 0) is 10.0 Å². The Labute approximate surface area is 154 Å². The van der Waals surface area contributed by atoms with Crippen LogP contribution in [0.15, 0.2) is 47.4 Å². The quantitative estimate of drug-likeness (QED) is 0.863. The Morgan fingerprint density at radius 3 is 2.42 bits per heavy atom. The standard InChI is InChI=1S/C19H24N2O4S/c1-13(14-7-6-8-16(11-14)26(22,23)21(4)5)20-15-9-10-17-18(12-15)25-19(2,3)24-17/h6-13,20H,1-5H3. The highest BCUT2D eigenvalue weighted by Crippen LogP contribution is 2.41. The Morgan fingerprint density at radius 1 is 1.04 bits per heavy atom. The first-order valence-electron chi connectivity index (χ1n) is 8.40. The normalized spacial score (nSPS) is 16.5. The van der Waals surface area contributed by atoms with Crippen LogP contribution in [0.5, 0.6) is 11.5 Å². The van der Waals surface area contributed by atoms with Crippen molar-refractivity contribution in [2.24, 2.45) is 0 Å². The number of fused-ring (bicyclic) bond motifs is 1. The minimum Gasteiger partial charge on any atom is -0.449 e. The molecule has 7 heteroatoms. The summed E-state index contributed by atoms with van der Waals surface area (Å²) in [5, 5.41) is 3.38. The molecule has 2 aromatic carbocycles. The summed E-state index contributed by atoms with van der Waals surface area (Å²) < 4.78 is 37.3. The molecule has 26 heavy (non-hydrogen) atoms. The number of anilines is 1. The van der Waals surface area contributed by atoms with Gasteiger partial charge in [0, 0.05) is 45.7 Å². The van der Waals surface area contributed by atoms with Crippen LogP contribution in [0, 0.1) is 0 Å². The third kappa shape index (κ3) is 3.64. The summed E-state index contributed by atoms with van der Waals surface area (Å²) in [6.45, 7) is 5.70. The van der Waals surface area contributed by atoms with Crippen molar-refractivity contribution in [1.29, 1.82) is 0 Å². The van der Waals surface area contributed by atoms with Crippen molar-refractivity contribution in [2.45, 2.75) is 37.5 Å². The van der Waals surface area contributed by atoms with Gasteiger partial charge in [-0.3, -0.25) is 0 Å². The van der Waals surface area contributed by atoms with E-state index in [4.69, 9.17) is 9.47 Å². The lowest BCUT2D eigenvalue weighted by Crippen LogP contribution is -2.29. The molecule has 0 aromatic heterocycles. The van der Waals surface area contributed by atoms with E-state index < -0.39 is 15.8 Å². The highest BCUT2D eigenvalue weighted by Gasteiger charge is 2.31. The highest BCUT2D eigenvalue weighted by atomic mass is 32.2. The zero-order valence-electron chi connectivity index (χ0n) is 15.6. The Kier molecular flexibility index (Phi) is 4.62. The van der Waals surface area contributed by atoms with Gasteiger partial charge in [-0.05, 0) is 36.8 Å². The molecule has 0 spiro atoms. The lowest BCUT2D eigenvalue weighted by atomic mass is 10.1. The molecule has 3 rings (SSSR count). The number of benzene rings is 2. The van der Waals surface area contributed by atoms with Crippen molar-refractivity contribution >= 4 is 15.7 Å². The van der Waals surface area contributed by atoms with Crippen molar-refractivity contribution in [3.8, 4) is 11.5 Å². The first-order valence-corrected chi connectivity index (χ1v) is 9.84. The summed E-state index contributed by atoms with van der Waals surface area (Å²) in [5.74, 6) is 0.741. The van der Waals surface area contributed by atoms with Gasteiger partial charge in [-0.1, -0.05) is 12.1 Å². The van der Waals surface area contributed by atoms with E-state index in [-0.39, 0.29) is 10.9 Å². The van der Waals surface area contributed by atoms with Gasteiger partial charge in [-0.15, -0.1) is 0 Å². The number of sulfonamides is 1. The number of hydrogen-bond acceptors (Lipinski definition) is 5. The van der Waals surface area contributed by atoms with Crippen LogP contribution in [0.1, 0.15) is 32.4 Å². The van der Waals surface area contributed by atoms with E-state index in [2.05, 4.69) is 5.32 Å². The topological polar surface area (TPSA) is 67.9 Å². The molecule has 140 valence electrons. The highest BCUT2D eigenvalue weighted by molar-refractivity contribution is 7.89. The Bertz CT molecular complexity index is 923. The van der Waals surface area contributed by atoms with E-state index in [0.29, 0.717) is 11.5 Å². The van der Waals surface area contributed by atoms with Crippen LogP contribution < -0.4 is 14.8 Å². The van der Waals surface area contributed by atoms with Gasteiger partial charge in [-0.2, -0.15) is 0 Å². The van der Waals surface area contributed by atoms with Crippen molar-refractivity contribution in [1.82, 2.24) is 4.31 Å². The minimum absolute atomic E-state index is 0.0827. The number of ether oxygens (including phenoxy) is 2. The summed E-state index contributed by atoms with van der Waals surface area (Å²) in [6, 6.07) is 12.6. The molecule has 1 aliphatic rings. The van der Waals surface area contributed by atoms with Crippen LogP contribution in [0.4, 0.5) is 5.69 Å². The second-order valence-corrected chi connectivity index (χ2v) is 9.14. The van der Waals surface area contributed by atoms with E-state index in [0.717, 1.165) is 11.3 Å². The summed E-state index contributed by atoms with van der Waals surface area (Å²) in [5.41, 5.74) is 1.75. The van der Waals surface area contributed by atoms with E-state index in [1.165, 1.54) is 18.4 Å². The lowest BCUT2D eigenvalue weighted by molar-refractivity contribution is -0.0431. The summed E-state index contributed by atoms with van der Waals surface area (Å²) in [4.78, 5) is 0.279. The second-order valence-electron chi connectivity index (χ2n) is 6.99. The Morgan fingerprint density at radius 2 is 1.73 bits per heavy atom. The monoisotopic (exact) mass is 376 g/mol. The zero-order valence-corrected chi connectivity index (χ0v) is 16.4. The molecule has 1 atom stereocenters. The number of nitrogens with zero attached hydrogens (tertiary/aromatic N) is 1. The van der Waals surface area contributed by atoms with Gasteiger partial charge in [0.1, 0.15) is 0 Å². The first-order chi connectivity index (χ1) is 12.1. The zero-order chi connectivity index (χ0) is 19.1. The molecular weight excluding hydrogens is 352 g/mol. The maximum Gasteiger partial charge on any atom is 0.246 e. The van der Waals surface area contributed by atoms with Crippen LogP contribution in [0.3, 0.4) is 0 Å². The maximum atomic E-state index is 12.3. The van der Waals surface area contributed by atoms with E-state index in [1.54, 1.807) is 18.2 Å². The predicted octanol–water partition coefficient (Wildman–Crippen LogP) is 3.62. The predicted molar refractivity (Wildman–Crippen MR) is 101 cm³/mol. The van der Waals surface area contributed by atoms with Crippen LogP contribution in [0.2, 0.25) is 0 Å². The largest absolute Gasteiger partial charge is 0.449 e. The second kappa shape index (κ2) is 6.48. The number of nitrogens with one attached hydrogen (secondary N) is 1. The molecule has 0 bridgehead atoms. The molecular formula is C19H24N2O4S. The fraction of sp³-hybridized carbons (Fsp3) is 0.368. The molecule has 0 aliphatic carbocycles. The van der Waals surface area contributed by atoms with Crippen molar-refractivity contribution < 1.29 is 17.9 Å². The molecule has 2 aromatic rings. The van der Waals surface area contributed by atoms with Crippen molar-refractivity contribution in [3.63, 3.8) is 0 Å². The van der Waals surface area contributed by atoms with Gasteiger partial charge < -0.3 is 14.8 Å². The van der Waals surface area contributed by atoms with Gasteiger partial charge in [-0.25, -0.2) is 12.7 Å². The van der Waals surface area contributed by atoms with E-state index in [9.17, 15) is 8.42 Å².